The zero-order valence-corrected chi connectivity index (χ0v) is 80.8. The number of benzene rings is 6. The topological polar surface area (TPSA) is 405 Å². The minimum Gasteiger partial charge on any atom is -0.481 e. The van der Waals surface area contributed by atoms with E-state index in [1.807, 2.05) is 86.6 Å². The molecule has 0 amide bonds. The number of carboxylic acids is 1. The Kier molecular flexibility index (Phi) is 55.5. The number of aldehydes is 2. The van der Waals surface area contributed by atoms with Gasteiger partial charge in [0.15, 0.2) is 0 Å². The number of esters is 5. The van der Waals surface area contributed by atoms with E-state index in [9.17, 15) is 72.7 Å². The van der Waals surface area contributed by atoms with Crippen molar-refractivity contribution >= 4 is 90.7 Å². The largest absolute Gasteiger partial charge is 0.481 e. The Morgan fingerprint density at radius 1 is 0.397 bits per heavy atom. The quantitative estimate of drug-likeness (QED) is 0.00486. The maximum Gasteiger partial charge on any atom is 0.335 e. The van der Waals surface area contributed by atoms with Crippen LogP contribution in [0.1, 0.15) is 227 Å². The molecule has 27 nitrogen and oxygen atoms in total. The first-order valence-electron chi connectivity index (χ1n) is 41.6. The number of aliphatic hydroxyl groups excluding tert-OH is 1. The smallest absolute Gasteiger partial charge is 0.335 e. The van der Waals surface area contributed by atoms with E-state index in [2.05, 4.69) is 106 Å². The Balaban J connectivity index is -0.00000137. The third-order valence-electron chi connectivity index (χ3n) is 19.8. The van der Waals surface area contributed by atoms with Gasteiger partial charge in [-0.1, -0.05) is 167 Å². The van der Waals surface area contributed by atoms with Crippen LogP contribution >= 0.6 is 7.60 Å². The number of carbonyl (C=O) groups excluding carboxylic acids is 9. The van der Waals surface area contributed by atoms with Gasteiger partial charge in [-0.05, 0) is 227 Å². The van der Waals surface area contributed by atoms with Gasteiger partial charge in [-0.2, -0.15) is 0 Å². The lowest BCUT2D eigenvalue weighted by molar-refractivity contribution is -0.385. The Bertz CT molecular complexity index is 4180. The number of ketones is 2. The average molecular weight is 1780 g/mol. The highest BCUT2D eigenvalue weighted by Gasteiger charge is 2.33. The van der Waals surface area contributed by atoms with E-state index in [1.54, 1.807) is 91.8 Å². The number of anilines is 1. The molecule has 0 aliphatic carbocycles. The Hall–Kier alpha value is -10.7. The van der Waals surface area contributed by atoms with Crippen LogP contribution in [0.5, 0.6) is 0 Å². The van der Waals surface area contributed by atoms with Gasteiger partial charge < -0.3 is 58.3 Å². The van der Waals surface area contributed by atoms with E-state index in [1.165, 1.54) is 126 Å². The minimum atomic E-state index is -3.15. The number of nitrogens with zero attached hydrogens (tertiary/aromatic N) is 2. The van der Waals surface area contributed by atoms with Crippen molar-refractivity contribution in [1.82, 2.24) is 0 Å². The number of aryl methyl sites for hydroxylation is 7. The van der Waals surface area contributed by atoms with Gasteiger partial charge in [-0.15, -0.1) is 0 Å². The molecule has 0 aromatic heterocycles. The fraction of sp³-hybridized carbons (Fsp3) is 0.510. The fourth-order valence-electron chi connectivity index (χ4n) is 10.3. The first kappa shape index (κ1) is 119. The number of carboxylic acid groups (broad SMARTS) is 1. The van der Waals surface area contributed by atoms with E-state index >= 15 is 0 Å². The maximum absolute atomic E-state index is 12.2. The summed E-state index contributed by atoms with van der Waals surface area (Å²) in [7, 11) is 3.45. The van der Waals surface area contributed by atoms with Gasteiger partial charge in [0.2, 0.25) is 0 Å². The highest BCUT2D eigenvalue weighted by atomic mass is 31.2. The van der Waals surface area contributed by atoms with Crippen LogP contribution in [-0.2, 0) is 117 Å². The van der Waals surface area contributed by atoms with Gasteiger partial charge in [0, 0.05) is 53.6 Å². The zero-order valence-electron chi connectivity index (χ0n) is 79.9. The summed E-state index contributed by atoms with van der Waals surface area (Å²) < 4.78 is 45.1. The van der Waals surface area contributed by atoms with Gasteiger partial charge >= 0.3 is 43.4 Å². The molecule has 0 atom stereocenters. The number of aliphatic hydroxyl groups is 1. The van der Waals surface area contributed by atoms with Crippen molar-refractivity contribution in [2.75, 3.05) is 61.1 Å². The van der Waals surface area contributed by atoms with E-state index in [-0.39, 0.29) is 52.9 Å². The number of carbonyl (C=O) groups is 10. The van der Waals surface area contributed by atoms with Crippen molar-refractivity contribution in [3.63, 3.8) is 0 Å². The second-order valence-electron chi connectivity index (χ2n) is 34.7. The number of nitro benzene ring substituents is 2. The molecule has 0 saturated carbocycles. The van der Waals surface area contributed by atoms with Crippen LogP contribution in [0.4, 0.5) is 17.1 Å². The SMILES string of the molecule is CCC(=O)C(C)(C)CCc1ccc(C)cc1.CCC(=O)C(C)(C)CCc1ccc(N)cc1.CCOP(=O)(Cc1ccc([N+](=O)[O-])cc1)OCC.COC(=O)C(C)(C)/C=C/c1ccc([N+](=O)[O-])cc1.COC(=O)C(C)(C)C=O.COC(=O)C(C)(C)C=O.COC(=O)C(C)(C)CCc1ccc(C)cc1.COC(=O)C(C)(C)CO.Cc1ccc(CCC(C)(C)C(=O)O)cc1. The first-order chi connectivity index (χ1) is 58.3. The molecule has 700 valence electrons. The molecule has 0 aliphatic rings. The van der Waals surface area contributed by atoms with Crippen LogP contribution < -0.4 is 5.73 Å². The highest BCUT2D eigenvalue weighted by Crippen LogP contribution is 2.51. The number of Topliss-reactive ketones (excluding diaryl/α,β-unsaturated/α-hetero) is 2. The van der Waals surface area contributed by atoms with Crippen LogP contribution in [0.3, 0.4) is 0 Å². The van der Waals surface area contributed by atoms with Crippen molar-refractivity contribution in [3.05, 3.63) is 222 Å². The Morgan fingerprint density at radius 2 is 0.667 bits per heavy atom. The Labute approximate surface area is 748 Å². The van der Waals surface area contributed by atoms with E-state index < -0.39 is 67.8 Å². The van der Waals surface area contributed by atoms with Crippen LogP contribution in [-0.4, -0.2) is 135 Å². The van der Waals surface area contributed by atoms with Crippen LogP contribution in [0.25, 0.3) is 6.08 Å². The molecule has 0 radical (unpaired) electrons. The highest BCUT2D eigenvalue weighted by molar-refractivity contribution is 7.53. The number of non-ortho nitro benzene ring substituents is 2. The molecule has 0 bridgehead atoms. The summed E-state index contributed by atoms with van der Waals surface area (Å²) in [4.78, 5) is 129. The molecule has 0 saturated heterocycles. The summed E-state index contributed by atoms with van der Waals surface area (Å²) in [5, 5.41) is 38.5. The van der Waals surface area contributed by atoms with Gasteiger partial charge in [0.1, 0.15) is 35.0 Å². The van der Waals surface area contributed by atoms with Crippen molar-refractivity contribution in [3.8, 4) is 0 Å². The van der Waals surface area contributed by atoms with Gasteiger partial charge in [-0.3, -0.25) is 63.1 Å². The number of hydrogen-bond donors (Lipinski definition) is 3. The number of methoxy groups -OCH3 is 5. The molecule has 0 fully saturated rings. The molecule has 0 aliphatic heterocycles. The van der Waals surface area contributed by atoms with Gasteiger partial charge in [0.05, 0.1) is 93.0 Å². The summed E-state index contributed by atoms with van der Waals surface area (Å²) in [6.07, 6.45) is 12.9. The van der Waals surface area contributed by atoms with Crippen molar-refractivity contribution in [2.24, 2.45) is 43.3 Å². The summed E-state index contributed by atoms with van der Waals surface area (Å²) in [5.41, 5.74) is 11.8. The predicted octanol–water partition coefficient (Wildman–Crippen LogP) is 20.4. The second-order valence-corrected chi connectivity index (χ2v) is 36.8. The van der Waals surface area contributed by atoms with E-state index in [0.717, 1.165) is 56.2 Å². The molecule has 28 heteroatoms. The molecule has 126 heavy (non-hydrogen) atoms. The molecule has 6 aromatic rings. The van der Waals surface area contributed by atoms with E-state index in [4.69, 9.17) is 29.7 Å². The zero-order chi connectivity index (χ0) is 97.8. The number of nitro groups is 2. The van der Waals surface area contributed by atoms with Crippen molar-refractivity contribution in [2.45, 2.75) is 230 Å². The van der Waals surface area contributed by atoms with Crippen LogP contribution in [0.2, 0.25) is 0 Å². The van der Waals surface area contributed by atoms with E-state index in [0.29, 0.717) is 62.2 Å². The van der Waals surface area contributed by atoms with Gasteiger partial charge in [0.25, 0.3) is 11.4 Å². The molecule has 4 N–H and O–H groups in total. The summed E-state index contributed by atoms with van der Waals surface area (Å²) in [5.74, 6) is -1.89. The minimum absolute atomic E-state index is 0.00130. The van der Waals surface area contributed by atoms with Gasteiger partial charge in [-0.25, -0.2) is 0 Å². The number of ether oxygens (including phenoxy) is 5. The lowest BCUT2D eigenvalue weighted by atomic mass is 9.81. The summed E-state index contributed by atoms with van der Waals surface area (Å²) in [6.45, 7) is 42.2. The third-order valence-corrected chi connectivity index (χ3v) is 21.8. The second kappa shape index (κ2) is 58.5. The summed E-state index contributed by atoms with van der Waals surface area (Å²) >= 11 is 0. The van der Waals surface area contributed by atoms with Crippen molar-refractivity contribution < 1.29 is 105 Å². The summed E-state index contributed by atoms with van der Waals surface area (Å²) in [6, 6.07) is 45.1. The maximum atomic E-state index is 12.2. The molecular weight excluding hydrogens is 1630 g/mol. The monoisotopic (exact) mass is 1780 g/mol. The Morgan fingerprint density at radius 3 is 0.921 bits per heavy atom. The number of nitrogens with two attached hydrogens (primary N) is 1. The lowest BCUT2D eigenvalue weighted by Crippen LogP contribution is -2.29. The van der Waals surface area contributed by atoms with Crippen molar-refractivity contribution in [1.29, 1.82) is 0 Å². The lowest BCUT2D eigenvalue weighted by Gasteiger charge is -2.22. The predicted molar refractivity (Wildman–Crippen MR) is 495 cm³/mol. The average Bonchev–Trinajstić information content (AvgIpc) is 0.846. The third kappa shape index (κ3) is 48.7. The molecule has 6 rings (SSSR count). The first-order valence-corrected chi connectivity index (χ1v) is 43.3. The number of aliphatic carboxylic acids is 1. The van der Waals surface area contributed by atoms with Crippen LogP contribution in [0.15, 0.2) is 152 Å². The molecule has 0 spiro atoms. The molecule has 0 unspecified atom stereocenters. The molecule has 6 aromatic carbocycles. The standard InChI is InChI=1S/C15H22O.C14H21NO.C14H20O2.C13H15NO4.C13H18O2.C11H16NO5P.C6H12O3.2C6H10O3/c1-5-14(16)15(3,4)11-10-13-8-6-12(2)7-9-13;1-4-13(16)14(2,3)10-9-11-5-7-12(15)8-6-11;1-11-5-7-12(8-6-11)9-10-14(2,3)13(15)16-4;1-13(2,12(15)18-3)9-8-10-4-6-11(7-5-10)14(16)17;1-10-4-6-11(7-5-10)8-9-13(2,3)12(14)15;1-3-16-18(15,17-4-2)9-10-5-7-11(8-6-10)12(13)14;3*1-6(2,4-7)5(8)9-3/h6-9H,5,10-11H2,1-4H3;5-8H,4,9-10,15H2,1-3H3;5-8H,9-10H2,1-4H3;4-9H,1-3H3;4-7H,8-9H2,1-3H3,(H,14,15);5-8H,3-4,9H2,1-2H3;7H,4H2,1-3H3;2*4H,1-3H3/b;;;9-8+;;;;;. The number of nitrogen functional groups attached to an aromatic ring is 1. The number of hydrogen-bond acceptors (Lipinski definition) is 24. The molecule has 0 heterocycles. The molecular formula is C98H144N3O24P. The normalized spacial score (nSPS) is 11.3. The van der Waals surface area contributed by atoms with Crippen LogP contribution in [0, 0.1) is 84.3 Å². The number of rotatable bonds is 35. The fourth-order valence-corrected chi connectivity index (χ4v) is 12.0.